The molecule has 3 aromatic carbocycles. The number of alkyl carbamates (subject to hydrolysis) is 1. The maximum Gasteiger partial charge on any atom is 0.407 e. The van der Waals surface area contributed by atoms with Gasteiger partial charge in [0.25, 0.3) is 0 Å². The van der Waals surface area contributed by atoms with Crippen LogP contribution in [0.4, 0.5) is 4.79 Å². The molecule has 0 bridgehead atoms. The highest BCUT2D eigenvalue weighted by atomic mass is 16.5. The Bertz CT molecular complexity index is 1190. The van der Waals surface area contributed by atoms with Gasteiger partial charge in [-0.25, -0.2) is 9.59 Å². The van der Waals surface area contributed by atoms with Crippen LogP contribution >= 0.6 is 0 Å². The van der Waals surface area contributed by atoms with Crippen LogP contribution in [-0.4, -0.2) is 35.2 Å². The van der Waals surface area contributed by atoms with Crippen LogP contribution in [0.1, 0.15) is 48.9 Å². The molecule has 3 aromatic rings. The molecule has 180 valence electrons. The number of carboxylic acids is 1. The number of carbonyl (C=O) groups is 3. The van der Waals surface area contributed by atoms with Gasteiger partial charge in [-0.15, -0.1) is 0 Å². The Kier molecular flexibility index (Phi) is 6.87. The molecule has 4 rings (SSSR count). The van der Waals surface area contributed by atoms with Crippen LogP contribution in [0, 0.1) is 0 Å². The van der Waals surface area contributed by atoms with E-state index >= 15 is 0 Å². The van der Waals surface area contributed by atoms with E-state index in [2.05, 4.69) is 22.8 Å². The summed E-state index contributed by atoms with van der Waals surface area (Å²) in [7, 11) is 0. The van der Waals surface area contributed by atoms with Gasteiger partial charge >= 0.3 is 12.1 Å². The van der Waals surface area contributed by atoms with Crippen molar-refractivity contribution in [2.75, 3.05) is 6.61 Å². The van der Waals surface area contributed by atoms with Crippen molar-refractivity contribution in [2.45, 2.75) is 37.8 Å². The fraction of sp³-hybridized carbons (Fsp3) is 0.250. The van der Waals surface area contributed by atoms with Crippen LogP contribution < -0.4 is 10.6 Å². The summed E-state index contributed by atoms with van der Waals surface area (Å²) in [5, 5.41) is 14.8. The first-order chi connectivity index (χ1) is 16.7. The molecule has 2 amide bonds. The Hall–Kier alpha value is -4.13. The van der Waals surface area contributed by atoms with Gasteiger partial charge in [0.15, 0.2) is 6.04 Å². The average molecular weight is 473 g/mol. The van der Waals surface area contributed by atoms with Gasteiger partial charge in [0.1, 0.15) is 6.61 Å². The topological polar surface area (TPSA) is 105 Å². The molecule has 0 saturated heterocycles. The van der Waals surface area contributed by atoms with E-state index in [0.717, 1.165) is 22.3 Å². The molecule has 0 spiro atoms. The SMILES string of the molecule is CC(C)(CC(=O)N[C@@H](C(=O)O)c1ccccc1)NC(=O)OCC1c2ccccc2-c2ccccc21. The molecule has 0 fully saturated rings. The second-order valence-electron chi connectivity index (χ2n) is 9.26. The summed E-state index contributed by atoms with van der Waals surface area (Å²) in [4.78, 5) is 36.9. The molecule has 1 aliphatic carbocycles. The van der Waals surface area contributed by atoms with Crippen molar-refractivity contribution < 1.29 is 24.2 Å². The van der Waals surface area contributed by atoms with E-state index in [1.807, 2.05) is 36.4 Å². The van der Waals surface area contributed by atoms with Crippen molar-refractivity contribution in [1.29, 1.82) is 0 Å². The highest BCUT2D eigenvalue weighted by Crippen LogP contribution is 2.44. The molecule has 7 heteroatoms. The zero-order valence-electron chi connectivity index (χ0n) is 19.7. The molecule has 1 atom stereocenters. The third-order valence-electron chi connectivity index (χ3n) is 6.07. The van der Waals surface area contributed by atoms with Crippen LogP contribution in [0.5, 0.6) is 0 Å². The summed E-state index contributed by atoms with van der Waals surface area (Å²) < 4.78 is 5.57. The molecule has 3 N–H and O–H groups in total. The third-order valence-corrected chi connectivity index (χ3v) is 6.07. The number of hydrogen-bond acceptors (Lipinski definition) is 4. The zero-order valence-corrected chi connectivity index (χ0v) is 19.7. The Labute approximate surface area is 204 Å². The molecule has 0 heterocycles. The number of aliphatic carboxylic acids is 1. The maximum atomic E-state index is 12.6. The van der Waals surface area contributed by atoms with E-state index < -0.39 is 29.6 Å². The van der Waals surface area contributed by atoms with E-state index in [0.29, 0.717) is 5.56 Å². The molecule has 35 heavy (non-hydrogen) atoms. The Morgan fingerprint density at radius 1 is 0.886 bits per heavy atom. The van der Waals surface area contributed by atoms with Gasteiger partial charge in [-0.1, -0.05) is 78.9 Å². The second kappa shape index (κ2) is 10.0. The zero-order chi connectivity index (χ0) is 25.0. The van der Waals surface area contributed by atoms with Gasteiger partial charge in [0, 0.05) is 17.9 Å². The Morgan fingerprint density at radius 3 is 2.00 bits per heavy atom. The van der Waals surface area contributed by atoms with Crippen molar-refractivity contribution in [1.82, 2.24) is 10.6 Å². The summed E-state index contributed by atoms with van der Waals surface area (Å²) in [6.45, 7) is 3.54. The fourth-order valence-corrected chi connectivity index (χ4v) is 4.50. The van der Waals surface area contributed by atoms with Gasteiger partial charge in [-0.05, 0) is 41.7 Å². The van der Waals surface area contributed by atoms with Gasteiger partial charge in [0.05, 0.1) is 0 Å². The summed E-state index contributed by atoms with van der Waals surface area (Å²) in [5.41, 5.74) is 4.02. The largest absolute Gasteiger partial charge is 0.479 e. The Morgan fingerprint density at radius 2 is 1.43 bits per heavy atom. The third kappa shape index (κ3) is 5.51. The number of carboxylic acid groups (broad SMARTS) is 1. The van der Waals surface area contributed by atoms with E-state index in [1.54, 1.807) is 44.2 Å². The lowest BCUT2D eigenvalue weighted by molar-refractivity contribution is -0.142. The molecule has 1 aliphatic rings. The van der Waals surface area contributed by atoms with Crippen LogP contribution in [0.25, 0.3) is 11.1 Å². The first-order valence-electron chi connectivity index (χ1n) is 11.5. The van der Waals surface area contributed by atoms with E-state index in [-0.39, 0.29) is 18.9 Å². The van der Waals surface area contributed by atoms with E-state index in [1.165, 1.54) is 0 Å². The van der Waals surface area contributed by atoms with E-state index in [9.17, 15) is 19.5 Å². The van der Waals surface area contributed by atoms with Crippen LogP contribution in [0.15, 0.2) is 78.9 Å². The summed E-state index contributed by atoms with van der Waals surface area (Å²) >= 11 is 0. The number of fused-ring (bicyclic) bond motifs is 3. The quantitative estimate of drug-likeness (QED) is 0.443. The van der Waals surface area contributed by atoms with Gasteiger partial charge < -0.3 is 20.5 Å². The number of nitrogens with one attached hydrogen (secondary N) is 2. The highest BCUT2D eigenvalue weighted by molar-refractivity contribution is 5.85. The fourth-order valence-electron chi connectivity index (χ4n) is 4.50. The summed E-state index contributed by atoms with van der Waals surface area (Å²) in [6, 6.07) is 23.4. The number of carbonyl (C=O) groups excluding carboxylic acids is 2. The average Bonchev–Trinajstić information content (AvgIpc) is 3.14. The van der Waals surface area contributed by atoms with Gasteiger partial charge in [-0.2, -0.15) is 0 Å². The number of hydrogen-bond donors (Lipinski definition) is 3. The lowest BCUT2D eigenvalue weighted by atomic mass is 9.98. The summed E-state index contributed by atoms with van der Waals surface area (Å²) in [5.74, 6) is -1.72. The van der Waals surface area contributed by atoms with Crippen molar-refractivity contribution in [2.24, 2.45) is 0 Å². The minimum Gasteiger partial charge on any atom is -0.479 e. The van der Waals surface area contributed by atoms with Gasteiger partial charge in [0.2, 0.25) is 5.91 Å². The van der Waals surface area contributed by atoms with Crippen molar-refractivity contribution in [3.05, 3.63) is 95.6 Å². The smallest absolute Gasteiger partial charge is 0.407 e. The molecular weight excluding hydrogens is 444 g/mol. The minimum atomic E-state index is -1.17. The van der Waals surface area contributed by atoms with Crippen LogP contribution in [0.2, 0.25) is 0 Å². The molecule has 7 nitrogen and oxygen atoms in total. The first-order valence-corrected chi connectivity index (χ1v) is 11.5. The molecule has 0 saturated carbocycles. The lowest BCUT2D eigenvalue weighted by Crippen LogP contribution is -2.48. The lowest BCUT2D eigenvalue weighted by Gasteiger charge is -2.26. The highest BCUT2D eigenvalue weighted by Gasteiger charge is 2.31. The standard InChI is InChI=1S/C28H28N2O5/c1-28(2,16-24(31)29-25(26(32)33)18-10-4-3-5-11-18)30-27(34)35-17-23-21-14-8-6-12-19(21)20-13-7-9-15-22(20)23/h3-15,23,25H,16-17H2,1-2H3,(H,29,31)(H,30,34)(H,32,33)/t25-/m1/s1. The normalized spacial score (nSPS) is 13.3. The maximum absolute atomic E-state index is 12.6. The van der Waals surface area contributed by atoms with Crippen molar-refractivity contribution >= 4 is 18.0 Å². The van der Waals surface area contributed by atoms with Gasteiger partial charge in [-0.3, -0.25) is 4.79 Å². The number of amides is 2. The van der Waals surface area contributed by atoms with Crippen molar-refractivity contribution in [3.8, 4) is 11.1 Å². The predicted molar refractivity (Wildman–Crippen MR) is 132 cm³/mol. The number of benzene rings is 3. The minimum absolute atomic E-state index is 0.0678. The predicted octanol–water partition coefficient (Wildman–Crippen LogP) is 4.64. The Balaban J connectivity index is 1.35. The molecule has 0 unspecified atom stereocenters. The number of ether oxygens (including phenoxy) is 1. The molecule has 0 aliphatic heterocycles. The van der Waals surface area contributed by atoms with Crippen LogP contribution in [-0.2, 0) is 14.3 Å². The first kappa shape index (κ1) is 24.0. The van der Waals surface area contributed by atoms with E-state index in [4.69, 9.17) is 4.74 Å². The monoisotopic (exact) mass is 472 g/mol. The number of rotatable bonds is 8. The molecule has 0 aromatic heterocycles. The van der Waals surface area contributed by atoms with Crippen LogP contribution in [0.3, 0.4) is 0 Å². The summed E-state index contributed by atoms with van der Waals surface area (Å²) in [6.07, 6.45) is -0.754. The second-order valence-corrected chi connectivity index (χ2v) is 9.26. The van der Waals surface area contributed by atoms with Crippen molar-refractivity contribution in [3.63, 3.8) is 0 Å². The molecular formula is C28H28N2O5. The molecule has 0 radical (unpaired) electrons.